The van der Waals surface area contributed by atoms with Crippen LogP contribution in [0.25, 0.3) is 0 Å². The van der Waals surface area contributed by atoms with Crippen molar-refractivity contribution in [2.45, 2.75) is 32.2 Å². The van der Waals surface area contributed by atoms with Crippen LogP contribution in [0.1, 0.15) is 31.2 Å². The highest BCUT2D eigenvalue weighted by Crippen LogP contribution is 2.31. The van der Waals surface area contributed by atoms with Crippen LogP contribution in [-0.2, 0) is 25.6 Å². The third-order valence-corrected chi connectivity index (χ3v) is 7.13. The van der Waals surface area contributed by atoms with Gasteiger partial charge in [-0.05, 0) is 36.7 Å². The van der Waals surface area contributed by atoms with Gasteiger partial charge in [-0.1, -0.05) is 36.8 Å². The molecule has 3 heterocycles. The molecule has 0 radical (unpaired) electrons. The number of fused-ring (bicyclic) bond motifs is 2. The van der Waals surface area contributed by atoms with E-state index in [1.165, 1.54) is 5.56 Å². The number of allylic oxidation sites excluding steroid dienone is 1. The molecule has 5 rings (SSSR count). The summed E-state index contributed by atoms with van der Waals surface area (Å²) in [5, 5.41) is 0.290. The molecule has 1 atom stereocenters. The first-order valence-electron chi connectivity index (χ1n) is 12.3. The van der Waals surface area contributed by atoms with E-state index in [2.05, 4.69) is 34.2 Å². The Morgan fingerprint density at radius 2 is 1.80 bits per heavy atom. The summed E-state index contributed by atoms with van der Waals surface area (Å²) in [6, 6.07) is 10.4. The molecule has 9 heteroatoms. The molecule has 0 spiro atoms. The van der Waals surface area contributed by atoms with Crippen molar-refractivity contribution >= 4 is 34.9 Å². The van der Waals surface area contributed by atoms with Crippen LogP contribution in [-0.4, -0.2) is 76.9 Å². The summed E-state index contributed by atoms with van der Waals surface area (Å²) in [6.45, 7) is 4.97. The second kappa shape index (κ2) is 10.7. The second-order valence-electron chi connectivity index (χ2n) is 9.19. The maximum atomic E-state index is 13.0. The molecule has 2 amide bonds. The van der Waals surface area contributed by atoms with Gasteiger partial charge in [0.25, 0.3) is 0 Å². The summed E-state index contributed by atoms with van der Waals surface area (Å²) in [4.78, 5) is 36.1. The molecular formula is C26H30N4O4S. The number of hydrogen-bond acceptors (Lipinski definition) is 6. The third kappa shape index (κ3) is 5.46. The van der Waals surface area contributed by atoms with E-state index in [0.29, 0.717) is 35.3 Å². The van der Waals surface area contributed by atoms with Gasteiger partial charge in [0.05, 0.1) is 5.71 Å². The minimum atomic E-state index is -0.482. The number of piperazine rings is 1. The molecule has 0 aromatic heterocycles. The Balaban J connectivity index is 1.02. The predicted octanol–water partition coefficient (Wildman–Crippen LogP) is 2.86. The van der Waals surface area contributed by atoms with Crippen LogP contribution < -0.4 is 0 Å². The van der Waals surface area contributed by atoms with Crippen molar-refractivity contribution in [3.63, 3.8) is 0 Å². The van der Waals surface area contributed by atoms with Gasteiger partial charge in [0.15, 0.2) is 11.5 Å². The van der Waals surface area contributed by atoms with Crippen molar-refractivity contribution in [3.05, 3.63) is 59.6 Å². The average molecular weight is 495 g/mol. The molecular weight excluding hydrogens is 464 g/mol. The van der Waals surface area contributed by atoms with Gasteiger partial charge in [0, 0.05) is 51.8 Å². The van der Waals surface area contributed by atoms with E-state index in [9.17, 15) is 9.59 Å². The lowest BCUT2D eigenvalue weighted by Crippen LogP contribution is -2.48. The van der Waals surface area contributed by atoms with Crippen LogP contribution in [0.15, 0.2) is 59.0 Å². The first kappa shape index (κ1) is 23.7. The molecule has 0 saturated carbocycles. The normalized spacial score (nSPS) is 21.9. The van der Waals surface area contributed by atoms with E-state index >= 15 is 0 Å². The van der Waals surface area contributed by atoms with Gasteiger partial charge in [-0.15, -0.1) is 0 Å². The summed E-state index contributed by atoms with van der Waals surface area (Å²) in [5.74, 6) is 0.853. The standard InChI is InChI=1S/C26H30N4O4S/c31-24(29-13-11-28(12-14-29)17-19-7-3-1-4-8-19)9-5-2-6-10-30-25(32)20-15-22-23(34-18-33-22)16-21(20)27-26(30)35/h1,3-4,7-8,15-16,20H,2,5-6,9-14,17-18H2. The molecule has 2 fully saturated rings. The molecule has 1 aliphatic carbocycles. The number of thiocarbonyl (C=S) groups is 1. The Labute approximate surface area is 210 Å². The number of benzene rings is 1. The zero-order valence-corrected chi connectivity index (χ0v) is 20.5. The number of ether oxygens (including phenoxy) is 2. The van der Waals surface area contributed by atoms with Gasteiger partial charge in [-0.2, -0.15) is 0 Å². The zero-order valence-electron chi connectivity index (χ0n) is 19.7. The van der Waals surface area contributed by atoms with E-state index in [4.69, 9.17) is 21.7 Å². The van der Waals surface area contributed by atoms with E-state index in [1.807, 2.05) is 11.0 Å². The molecule has 4 aliphatic rings. The summed E-state index contributed by atoms with van der Waals surface area (Å²) >= 11 is 5.38. The second-order valence-corrected chi connectivity index (χ2v) is 9.55. The smallest absolute Gasteiger partial charge is 0.241 e. The van der Waals surface area contributed by atoms with E-state index in [-0.39, 0.29) is 18.6 Å². The first-order chi connectivity index (χ1) is 17.1. The molecule has 184 valence electrons. The van der Waals surface area contributed by atoms with E-state index in [0.717, 1.165) is 52.0 Å². The highest BCUT2D eigenvalue weighted by atomic mass is 32.1. The van der Waals surface area contributed by atoms with Gasteiger partial charge in [0.2, 0.25) is 23.7 Å². The Hall–Kier alpha value is -3.04. The molecule has 35 heavy (non-hydrogen) atoms. The Morgan fingerprint density at radius 3 is 2.60 bits per heavy atom. The fourth-order valence-electron chi connectivity index (χ4n) is 4.82. The van der Waals surface area contributed by atoms with Crippen LogP contribution in [0.3, 0.4) is 0 Å². The van der Waals surface area contributed by atoms with E-state index < -0.39 is 5.92 Å². The third-order valence-electron chi connectivity index (χ3n) is 6.82. The van der Waals surface area contributed by atoms with Gasteiger partial charge in [0.1, 0.15) is 5.92 Å². The Morgan fingerprint density at radius 1 is 1.03 bits per heavy atom. The summed E-state index contributed by atoms with van der Waals surface area (Å²) < 4.78 is 10.8. The van der Waals surface area contributed by atoms with Crippen molar-refractivity contribution in [2.24, 2.45) is 10.9 Å². The number of carbonyl (C=O) groups excluding carboxylic acids is 2. The number of amides is 2. The van der Waals surface area contributed by atoms with Crippen molar-refractivity contribution in [3.8, 4) is 0 Å². The zero-order chi connectivity index (χ0) is 24.2. The predicted molar refractivity (Wildman–Crippen MR) is 135 cm³/mol. The molecule has 8 nitrogen and oxygen atoms in total. The number of nitrogens with zero attached hydrogens (tertiary/aromatic N) is 4. The fourth-order valence-corrected chi connectivity index (χ4v) is 5.11. The van der Waals surface area contributed by atoms with Crippen molar-refractivity contribution in [2.75, 3.05) is 39.5 Å². The van der Waals surface area contributed by atoms with Crippen LogP contribution >= 0.6 is 12.2 Å². The molecule has 0 N–H and O–H groups in total. The largest absolute Gasteiger partial charge is 0.454 e. The molecule has 1 aromatic rings. The van der Waals surface area contributed by atoms with Crippen molar-refractivity contribution < 1.29 is 19.1 Å². The first-order valence-corrected chi connectivity index (χ1v) is 12.7. The maximum Gasteiger partial charge on any atom is 0.241 e. The lowest BCUT2D eigenvalue weighted by Gasteiger charge is -2.35. The van der Waals surface area contributed by atoms with Crippen LogP contribution in [0.2, 0.25) is 0 Å². The van der Waals surface area contributed by atoms with Gasteiger partial charge in [-0.25, -0.2) is 4.99 Å². The van der Waals surface area contributed by atoms with Crippen LogP contribution in [0.4, 0.5) is 0 Å². The number of rotatable bonds is 8. The average Bonchev–Trinajstić information content (AvgIpc) is 3.33. The maximum absolute atomic E-state index is 13.0. The summed E-state index contributed by atoms with van der Waals surface area (Å²) in [6.07, 6.45) is 6.47. The number of carbonyl (C=O) groups is 2. The van der Waals surface area contributed by atoms with Gasteiger partial charge < -0.3 is 14.4 Å². The van der Waals surface area contributed by atoms with Gasteiger partial charge >= 0.3 is 0 Å². The van der Waals surface area contributed by atoms with Crippen molar-refractivity contribution in [1.29, 1.82) is 0 Å². The Kier molecular flexibility index (Phi) is 7.24. The minimum Gasteiger partial charge on any atom is -0.454 e. The van der Waals surface area contributed by atoms with E-state index in [1.54, 1.807) is 17.1 Å². The quantitative estimate of drug-likeness (QED) is 0.409. The highest BCUT2D eigenvalue weighted by molar-refractivity contribution is 7.80. The fraction of sp³-hybridized carbons (Fsp3) is 0.462. The lowest BCUT2D eigenvalue weighted by molar-refractivity contribution is -0.133. The number of unbranched alkanes of at least 4 members (excludes halogenated alkanes) is 2. The van der Waals surface area contributed by atoms with Gasteiger partial charge in [-0.3, -0.25) is 19.4 Å². The van der Waals surface area contributed by atoms with Crippen LogP contribution in [0.5, 0.6) is 0 Å². The minimum absolute atomic E-state index is 0.0808. The number of aliphatic imine (C=N–C) groups is 1. The molecule has 1 aromatic carbocycles. The molecule has 3 aliphatic heterocycles. The van der Waals surface area contributed by atoms with Crippen molar-refractivity contribution in [1.82, 2.24) is 14.7 Å². The monoisotopic (exact) mass is 494 g/mol. The Bertz CT molecular complexity index is 1080. The highest BCUT2D eigenvalue weighted by Gasteiger charge is 2.38. The lowest BCUT2D eigenvalue weighted by atomic mass is 9.93. The summed E-state index contributed by atoms with van der Waals surface area (Å²) in [7, 11) is 0. The van der Waals surface area contributed by atoms with Crippen LogP contribution in [0, 0.1) is 5.92 Å². The number of hydrogen-bond donors (Lipinski definition) is 0. The molecule has 2 saturated heterocycles. The molecule has 0 bridgehead atoms. The topological polar surface area (TPSA) is 74.7 Å². The SMILES string of the molecule is O=C(CCCCCN1C(=O)C2C=C3OCOC3=CC2=NC1=S)N1CCN(Cc2ccccc2)CC1. The summed E-state index contributed by atoms with van der Waals surface area (Å²) in [5.41, 5.74) is 1.91. The molecule has 1 unspecified atom stereocenters.